The van der Waals surface area contributed by atoms with Gasteiger partial charge in [-0.3, -0.25) is 0 Å². The fraction of sp³-hybridized carbons (Fsp3) is 0.400. The maximum atomic E-state index is 2.22. The van der Waals surface area contributed by atoms with E-state index in [4.69, 9.17) is 0 Å². The molecule has 0 N–H and O–H groups in total. The van der Waals surface area contributed by atoms with Crippen LogP contribution >= 0.6 is 11.8 Å². The summed E-state index contributed by atoms with van der Waals surface area (Å²) in [5.41, 5.74) is 2.62. The standard InChI is InChI=1S/C10H15NS/c1-8-5-6-9(11(2)3)10(7-8)12-4/h5-7H,1-4H3. The highest BCUT2D eigenvalue weighted by Crippen LogP contribution is 2.27. The van der Waals surface area contributed by atoms with E-state index in [-0.39, 0.29) is 0 Å². The topological polar surface area (TPSA) is 3.24 Å². The molecule has 0 unspecified atom stereocenters. The van der Waals surface area contributed by atoms with Crippen LogP contribution in [0.25, 0.3) is 0 Å². The highest BCUT2D eigenvalue weighted by molar-refractivity contribution is 7.98. The molecule has 1 aromatic carbocycles. The molecule has 66 valence electrons. The summed E-state index contributed by atoms with van der Waals surface area (Å²) < 4.78 is 0. The van der Waals surface area contributed by atoms with Gasteiger partial charge in [-0.05, 0) is 30.9 Å². The van der Waals surface area contributed by atoms with Gasteiger partial charge < -0.3 is 4.90 Å². The zero-order valence-corrected chi connectivity index (χ0v) is 8.90. The van der Waals surface area contributed by atoms with Crippen molar-refractivity contribution >= 4 is 17.4 Å². The van der Waals surface area contributed by atoms with E-state index >= 15 is 0 Å². The Balaban J connectivity index is 3.11. The highest BCUT2D eigenvalue weighted by atomic mass is 32.2. The first kappa shape index (κ1) is 9.46. The third kappa shape index (κ3) is 1.95. The number of benzene rings is 1. The zero-order chi connectivity index (χ0) is 9.14. The molecule has 1 rings (SSSR count). The van der Waals surface area contributed by atoms with E-state index in [2.05, 4.69) is 50.4 Å². The SMILES string of the molecule is CSc1cc(C)ccc1N(C)C. The molecule has 0 aromatic heterocycles. The Labute approximate surface area is 78.8 Å². The lowest BCUT2D eigenvalue weighted by Crippen LogP contribution is -2.09. The van der Waals surface area contributed by atoms with E-state index in [1.165, 1.54) is 16.1 Å². The van der Waals surface area contributed by atoms with Crippen LogP contribution < -0.4 is 4.90 Å². The van der Waals surface area contributed by atoms with Crippen LogP contribution in [0.3, 0.4) is 0 Å². The lowest BCUT2D eigenvalue weighted by molar-refractivity contribution is 1.09. The van der Waals surface area contributed by atoms with E-state index in [0.29, 0.717) is 0 Å². The van der Waals surface area contributed by atoms with Gasteiger partial charge in [-0.1, -0.05) is 6.07 Å². The number of aryl methyl sites for hydroxylation is 1. The number of anilines is 1. The van der Waals surface area contributed by atoms with Gasteiger partial charge in [-0.15, -0.1) is 11.8 Å². The van der Waals surface area contributed by atoms with E-state index in [9.17, 15) is 0 Å². The van der Waals surface area contributed by atoms with Crippen LogP contribution in [0.2, 0.25) is 0 Å². The minimum Gasteiger partial charge on any atom is -0.377 e. The van der Waals surface area contributed by atoms with Crippen molar-refractivity contribution in [1.82, 2.24) is 0 Å². The summed E-state index contributed by atoms with van der Waals surface area (Å²) in [5, 5.41) is 0. The molecule has 12 heavy (non-hydrogen) atoms. The number of hydrogen-bond acceptors (Lipinski definition) is 2. The zero-order valence-electron chi connectivity index (χ0n) is 8.09. The molecule has 0 aliphatic heterocycles. The van der Waals surface area contributed by atoms with E-state index < -0.39 is 0 Å². The molecule has 0 saturated heterocycles. The van der Waals surface area contributed by atoms with Gasteiger partial charge in [0.1, 0.15) is 0 Å². The largest absolute Gasteiger partial charge is 0.377 e. The molecule has 1 aromatic rings. The molecular formula is C10H15NS. The average molecular weight is 181 g/mol. The lowest BCUT2D eigenvalue weighted by atomic mass is 10.2. The molecule has 0 fully saturated rings. The quantitative estimate of drug-likeness (QED) is 0.645. The number of nitrogens with zero attached hydrogens (tertiary/aromatic N) is 1. The molecular weight excluding hydrogens is 166 g/mol. The predicted octanol–water partition coefficient (Wildman–Crippen LogP) is 2.78. The van der Waals surface area contributed by atoms with Crippen molar-refractivity contribution < 1.29 is 0 Å². The second-order valence-corrected chi connectivity index (χ2v) is 3.92. The van der Waals surface area contributed by atoms with Crippen LogP contribution in [-0.4, -0.2) is 20.4 Å². The monoisotopic (exact) mass is 181 g/mol. The Hall–Kier alpha value is -0.630. The smallest absolute Gasteiger partial charge is 0.0499 e. The summed E-state index contributed by atoms with van der Waals surface area (Å²) >= 11 is 1.80. The van der Waals surface area contributed by atoms with Gasteiger partial charge in [0.2, 0.25) is 0 Å². The van der Waals surface area contributed by atoms with Crippen molar-refractivity contribution in [3.05, 3.63) is 23.8 Å². The second kappa shape index (κ2) is 3.85. The molecule has 0 aliphatic rings. The number of rotatable bonds is 2. The summed E-state index contributed by atoms with van der Waals surface area (Å²) in [5.74, 6) is 0. The van der Waals surface area contributed by atoms with Gasteiger partial charge in [-0.25, -0.2) is 0 Å². The van der Waals surface area contributed by atoms with Crippen LogP contribution in [0.5, 0.6) is 0 Å². The van der Waals surface area contributed by atoms with Crippen molar-refractivity contribution in [3.8, 4) is 0 Å². The van der Waals surface area contributed by atoms with Crippen molar-refractivity contribution in [3.63, 3.8) is 0 Å². The second-order valence-electron chi connectivity index (χ2n) is 3.07. The first-order valence-corrected chi connectivity index (χ1v) is 5.19. The third-order valence-electron chi connectivity index (χ3n) is 1.82. The average Bonchev–Trinajstić information content (AvgIpc) is 2.03. The minimum atomic E-state index is 1.30. The molecule has 1 nitrogen and oxygen atoms in total. The van der Waals surface area contributed by atoms with Gasteiger partial charge in [0.25, 0.3) is 0 Å². The van der Waals surface area contributed by atoms with Crippen LogP contribution in [0.1, 0.15) is 5.56 Å². The Kier molecular flexibility index (Phi) is 3.04. The molecule has 0 atom stereocenters. The summed E-state index contributed by atoms with van der Waals surface area (Å²) in [6.45, 7) is 2.12. The highest BCUT2D eigenvalue weighted by Gasteiger charge is 2.02. The van der Waals surface area contributed by atoms with Crippen LogP contribution in [0, 0.1) is 6.92 Å². The van der Waals surface area contributed by atoms with Gasteiger partial charge in [-0.2, -0.15) is 0 Å². The molecule has 0 aliphatic carbocycles. The number of thioether (sulfide) groups is 1. The minimum absolute atomic E-state index is 1.30. The van der Waals surface area contributed by atoms with Gasteiger partial charge in [0.15, 0.2) is 0 Å². The Morgan fingerprint density at radius 3 is 2.42 bits per heavy atom. The lowest BCUT2D eigenvalue weighted by Gasteiger charge is -2.16. The Bertz CT molecular complexity index is 269. The maximum Gasteiger partial charge on any atom is 0.0499 e. The van der Waals surface area contributed by atoms with Crippen molar-refractivity contribution in [2.45, 2.75) is 11.8 Å². The molecule has 0 radical (unpaired) electrons. The van der Waals surface area contributed by atoms with E-state index in [0.717, 1.165) is 0 Å². The molecule has 0 saturated carbocycles. The van der Waals surface area contributed by atoms with Gasteiger partial charge in [0.05, 0.1) is 0 Å². The van der Waals surface area contributed by atoms with E-state index in [1.807, 2.05) is 0 Å². The first-order valence-electron chi connectivity index (χ1n) is 3.97. The predicted molar refractivity (Wildman–Crippen MR) is 57.3 cm³/mol. The molecule has 0 heterocycles. The van der Waals surface area contributed by atoms with E-state index in [1.54, 1.807) is 11.8 Å². The number of hydrogen-bond donors (Lipinski definition) is 0. The van der Waals surface area contributed by atoms with Crippen molar-refractivity contribution in [2.75, 3.05) is 25.3 Å². The van der Waals surface area contributed by atoms with Crippen molar-refractivity contribution in [2.24, 2.45) is 0 Å². The summed E-state index contributed by atoms with van der Waals surface area (Å²) in [7, 11) is 4.15. The van der Waals surface area contributed by atoms with Gasteiger partial charge >= 0.3 is 0 Å². The molecule has 0 spiro atoms. The van der Waals surface area contributed by atoms with Crippen molar-refractivity contribution in [1.29, 1.82) is 0 Å². The maximum absolute atomic E-state index is 2.22. The summed E-state index contributed by atoms with van der Waals surface area (Å²) in [6, 6.07) is 6.54. The fourth-order valence-electron chi connectivity index (χ4n) is 1.15. The molecule has 2 heteroatoms. The van der Waals surface area contributed by atoms with Crippen LogP contribution in [0.4, 0.5) is 5.69 Å². The first-order chi connectivity index (χ1) is 5.65. The Morgan fingerprint density at radius 1 is 1.25 bits per heavy atom. The summed E-state index contributed by atoms with van der Waals surface area (Å²) in [4.78, 5) is 3.49. The summed E-state index contributed by atoms with van der Waals surface area (Å²) in [6.07, 6.45) is 2.11. The van der Waals surface area contributed by atoms with Gasteiger partial charge in [0, 0.05) is 24.7 Å². The van der Waals surface area contributed by atoms with Crippen LogP contribution in [-0.2, 0) is 0 Å². The Morgan fingerprint density at radius 2 is 1.92 bits per heavy atom. The van der Waals surface area contributed by atoms with Crippen LogP contribution in [0.15, 0.2) is 23.1 Å². The third-order valence-corrected chi connectivity index (χ3v) is 2.58. The molecule has 0 bridgehead atoms. The molecule has 0 amide bonds. The normalized spacial score (nSPS) is 10.0. The fourth-order valence-corrected chi connectivity index (χ4v) is 1.92.